The van der Waals surface area contributed by atoms with E-state index in [9.17, 15) is 0 Å². The van der Waals surface area contributed by atoms with Gasteiger partial charge in [0.15, 0.2) is 0 Å². The molecule has 98 valence electrons. The van der Waals surface area contributed by atoms with Gasteiger partial charge in [-0.15, -0.1) is 0 Å². The Morgan fingerprint density at radius 1 is 0.714 bits per heavy atom. The molecule has 1 aliphatic carbocycles. The highest BCUT2D eigenvalue weighted by atomic mass is 14.8. The number of aromatic nitrogens is 2. The van der Waals surface area contributed by atoms with E-state index in [0.29, 0.717) is 0 Å². The van der Waals surface area contributed by atoms with E-state index in [4.69, 9.17) is 9.97 Å². The molecule has 2 heteroatoms. The van der Waals surface area contributed by atoms with Crippen molar-refractivity contribution in [3.63, 3.8) is 0 Å². The molecule has 2 nitrogen and oxygen atoms in total. The Balaban J connectivity index is 1.98. The average Bonchev–Trinajstić information content (AvgIpc) is 2.82. The molecule has 0 unspecified atom stereocenters. The lowest BCUT2D eigenvalue weighted by Gasteiger charge is -2.04. The normalized spacial score (nSPS) is 12.0. The van der Waals surface area contributed by atoms with E-state index in [1.165, 1.54) is 27.5 Å². The highest BCUT2D eigenvalue weighted by Gasteiger charge is 2.24. The first-order valence-electron chi connectivity index (χ1n) is 7.12. The maximum Gasteiger partial charge on any atom is 0.0979 e. The molecular weight excluding hydrogens is 256 g/mol. The van der Waals surface area contributed by atoms with Crippen LogP contribution < -0.4 is 0 Å². The first-order valence-corrected chi connectivity index (χ1v) is 7.12. The summed E-state index contributed by atoms with van der Waals surface area (Å²) < 4.78 is 0. The fourth-order valence-electron chi connectivity index (χ4n) is 3.28. The Morgan fingerprint density at radius 3 is 2.10 bits per heavy atom. The summed E-state index contributed by atoms with van der Waals surface area (Å²) in [6.07, 6.45) is 0. The van der Waals surface area contributed by atoms with E-state index in [0.717, 1.165) is 22.4 Å². The van der Waals surface area contributed by atoms with Gasteiger partial charge in [0.25, 0.3) is 0 Å². The number of hydrogen-bond donors (Lipinski definition) is 0. The van der Waals surface area contributed by atoms with Crippen LogP contribution in [0.5, 0.6) is 0 Å². The van der Waals surface area contributed by atoms with Crippen LogP contribution in [0.4, 0.5) is 0 Å². The van der Waals surface area contributed by atoms with E-state index in [1.807, 2.05) is 0 Å². The van der Waals surface area contributed by atoms with Crippen molar-refractivity contribution in [1.82, 2.24) is 9.97 Å². The second-order valence-electron chi connectivity index (χ2n) is 5.62. The van der Waals surface area contributed by atoms with Crippen LogP contribution in [0.15, 0.2) is 54.6 Å². The molecule has 0 amide bonds. The fourth-order valence-corrected chi connectivity index (χ4v) is 3.28. The molecule has 3 aromatic carbocycles. The van der Waals surface area contributed by atoms with Crippen molar-refractivity contribution < 1.29 is 0 Å². The maximum absolute atomic E-state index is 4.89. The van der Waals surface area contributed by atoms with Gasteiger partial charge in [-0.3, -0.25) is 0 Å². The summed E-state index contributed by atoms with van der Waals surface area (Å²) in [5.74, 6) is 0. The minimum atomic E-state index is 0.962. The Morgan fingerprint density at radius 2 is 1.38 bits per heavy atom. The monoisotopic (exact) mass is 268 g/mol. The summed E-state index contributed by atoms with van der Waals surface area (Å²) in [6.45, 7) is 2.09. The fraction of sp³-hybridized carbons (Fsp3) is 0.0526. The van der Waals surface area contributed by atoms with Gasteiger partial charge >= 0.3 is 0 Å². The van der Waals surface area contributed by atoms with E-state index >= 15 is 0 Å². The van der Waals surface area contributed by atoms with Crippen molar-refractivity contribution in [2.75, 3.05) is 0 Å². The SMILES string of the molecule is Cc1ccc2nc3c(nc2c1)-c1cccc2cccc-3c12. The number of benzene rings is 3. The van der Waals surface area contributed by atoms with Crippen LogP contribution in [0, 0.1) is 6.92 Å². The lowest BCUT2D eigenvalue weighted by Crippen LogP contribution is -1.90. The Hall–Kier alpha value is -2.74. The van der Waals surface area contributed by atoms with Crippen molar-refractivity contribution in [2.24, 2.45) is 0 Å². The molecule has 0 fully saturated rings. The smallest absolute Gasteiger partial charge is 0.0979 e. The van der Waals surface area contributed by atoms with Crippen LogP contribution in [0.2, 0.25) is 0 Å². The van der Waals surface area contributed by atoms with Gasteiger partial charge in [0.1, 0.15) is 0 Å². The standard InChI is InChI=1S/C19H12N2/c1-11-8-9-15-16(10-11)21-19-14-7-3-5-12-4-2-6-13(17(12)14)18(19)20-15/h2-10H,1H3. The summed E-state index contributed by atoms with van der Waals surface area (Å²) in [4.78, 5) is 9.77. The maximum atomic E-state index is 4.89. The van der Waals surface area contributed by atoms with E-state index < -0.39 is 0 Å². The topological polar surface area (TPSA) is 25.8 Å². The van der Waals surface area contributed by atoms with Crippen LogP contribution in [0.25, 0.3) is 44.3 Å². The van der Waals surface area contributed by atoms with Crippen LogP contribution in [0.3, 0.4) is 0 Å². The zero-order valence-electron chi connectivity index (χ0n) is 11.6. The third kappa shape index (κ3) is 1.37. The molecule has 1 heterocycles. The van der Waals surface area contributed by atoms with E-state index in [1.54, 1.807) is 0 Å². The number of fused-ring (bicyclic) bond motifs is 4. The third-order valence-electron chi connectivity index (χ3n) is 4.23. The molecule has 5 rings (SSSR count). The minimum absolute atomic E-state index is 0.962. The quantitative estimate of drug-likeness (QED) is 0.405. The van der Waals surface area contributed by atoms with Crippen molar-refractivity contribution >= 4 is 21.8 Å². The van der Waals surface area contributed by atoms with Crippen molar-refractivity contribution in [2.45, 2.75) is 6.92 Å². The van der Waals surface area contributed by atoms with Crippen molar-refractivity contribution in [1.29, 1.82) is 0 Å². The second kappa shape index (κ2) is 3.67. The van der Waals surface area contributed by atoms with Crippen molar-refractivity contribution in [3.8, 4) is 22.5 Å². The molecule has 21 heavy (non-hydrogen) atoms. The summed E-state index contributed by atoms with van der Waals surface area (Å²) in [7, 11) is 0. The number of aryl methyl sites for hydroxylation is 1. The molecule has 4 aromatic rings. The molecule has 1 aromatic heterocycles. The molecular formula is C19H12N2. The highest BCUT2D eigenvalue weighted by molar-refractivity contribution is 6.14. The zero-order chi connectivity index (χ0) is 14.0. The largest absolute Gasteiger partial charge is 0.244 e. The van der Waals surface area contributed by atoms with Gasteiger partial charge < -0.3 is 0 Å². The number of nitrogens with zero attached hydrogens (tertiary/aromatic N) is 2. The summed E-state index contributed by atoms with van der Waals surface area (Å²) in [5.41, 5.74) is 7.58. The summed E-state index contributed by atoms with van der Waals surface area (Å²) in [5, 5.41) is 2.53. The van der Waals surface area contributed by atoms with Gasteiger partial charge in [-0.1, -0.05) is 42.5 Å². The van der Waals surface area contributed by atoms with Crippen LogP contribution in [0.1, 0.15) is 5.56 Å². The molecule has 0 bridgehead atoms. The molecule has 0 spiro atoms. The molecule has 0 aliphatic heterocycles. The highest BCUT2D eigenvalue weighted by Crippen LogP contribution is 2.45. The van der Waals surface area contributed by atoms with Gasteiger partial charge in [0.05, 0.1) is 22.4 Å². The number of hydrogen-bond acceptors (Lipinski definition) is 2. The predicted molar refractivity (Wildman–Crippen MR) is 86.2 cm³/mol. The van der Waals surface area contributed by atoms with Crippen LogP contribution in [-0.4, -0.2) is 9.97 Å². The van der Waals surface area contributed by atoms with E-state index in [2.05, 4.69) is 61.5 Å². The predicted octanol–water partition coefficient (Wildman–Crippen LogP) is 4.74. The lowest BCUT2D eigenvalue weighted by molar-refractivity contribution is 1.31. The number of rotatable bonds is 0. The molecule has 0 saturated carbocycles. The second-order valence-corrected chi connectivity index (χ2v) is 5.62. The molecule has 0 N–H and O–H groups in total. The lowest BCUT2D eigenvalue weighted by atomic mass is 10.0. The zero-order valence-corrected chi connectivity index (χ0v) is 11.6. The first kappa shape index (κ1) is 11.0. The van der Waals surface area contributed by atoms with Gasteiger partial charge in [-0.05, 0) is 30.0 Å². The van der Waals surface area contributed by atoms with Crippen LogP contribution >= 0.6 is 0 Å². The average molecular weight is 268 g/mol. The molecule has 0 saturated heterocycles. The van der Waals surface area contributed by atoms with Gasteiger partial charge in [-0.2, -0.15) is 0 Å². The van der Waals surface area contributed by atoms with Gasteiger partial charge in [-0.25, -0.2) is 9.97 Å². The van der Waals surface area contributed by atoms with Crippen molar-refractivity contribution in [3.05, 3.63) is 60.2 Å². The molecule has 1 aliphatic rings. The summed E-state index contributed by atoms with van der Waals surface area (Å²) >= 11 is 0. The van der Waals surface area contributed by atoms with Gasteiger partial charge in [0, 0.05) is 16.5 Å². The minimum Gasteiger partial charge on any atom is -0.244 e. The Bertz CT molecular complexity index is 1040. The molecule has 0 atom stereocenters. The van der Waals surface area contributed by atoms with E-state index in [-0.39, 0.29) is 0 Å². The Labute approximate surface area is 122 Å². The van der Waals surface area contributed by atoms with Crippen LogP contribution in [-0.2, 0) is 0 Å². The third-order valence-corrected chi connectivity index (χ3v) is 4.23. The molecule has 0 radical (unpaired) electrons. The Kier molecular flexibility index (Phi) is 1.92. The van der Waals surface area contributed by atoms with Gasteiger partial charge in [0.2, 0.25) is 0 Å². The first-order chi connectivity index (χ1) is 10.3. The summed E-state index contributed by atoms with van der Waals surface area (Å²) in [6, 6.07) is 19.0.